The highest BCUT2D eigenvalue weighted by molar-refractivity contribution is 9.09. The number of likely N-dealkylation sites (N-methyl/N-ethyl adjacent to an activating group) is 1. The predicted octanol–water partition coefficient (Wildman–Crippen LogP) is 3.13. The molecule has 1 saturated heterocycles. The fourth-order valence-electron chi connectivity index (χ4n) is 4.04. The Labute approximate surface area is 241 Å². The van der Waals surface area contributed by atoms with Crippen molar-refractivity contribution in [1.82, 2.24) is 4.90 Å². The number of benzene rings is 1. The molecule has 0 aliphatic carbocycles. The standard InChI is InChI=1S/C27H36BrNO11/c1-15(2)12-20(29(6)27(34)36-13-19-10-8-7-9-11-19)26(33)35-14-21-22(37-16(3)30)23(38-17(4)31)24(25(28)40-21)39-18(5)32/h7-11,15,20-25H,12-14H2,1-6H3/t20-,21+,22+,23-,24+,25-/m1/s1. The second kappa shape index (κ2) is 15.6. The van der Waals surface area contributed by atoms with Gasteiger partial charge in [0.2, 0.25) is 0 Å². The van der Waals surface area contributed by atoms with Gasteiger partial charge in [0.05, 0.1) is 0 Å². The molecule has 2 rings (SSSR count). The summed E-state index contributed by atoms with van der Waals surface area (Å²) in [4.78, 5) is 62.5. The van der Waals surface area contributed by atoms with Crippen LogP contribution in [0.15, 0.2) is 30.3 Å². The van der Waals surface area contributed by atoms with Gasteiger partial charge in [0.1, 0.15) is 25.4 Å². The van der Waals surface area contributed by atoms with E-state index in [1.807, 2.05) is 44.2 Å². The van der Waals surface area contributed by atoms with Crippen LogP contribution in [0.25, 0.3) is 0 Å². The van der Waals surface area contributed by atoms with Gasteiger partial charge in [-0.15, -0.1) is 0 Å². The van der Waals surface area contributed by atoms with Crippen LogP contribution in [0, 0.1) is 5.92 Å². The van der Waals surface area contributed by atoms with Crippen LogP contribution >= 0.6 is 15.9 Å². The number of hydrogen-bond acceptors (Lipinski definition) is 11. The number of carbonyl (C=O) groups excluding carboxylic acids is 5. The van der Waals surface area contributed by atoms with E-state index in [0.717, 1.165) is 26.3 Å². The highest BCUT2D eigenvalue weighted by Crippen LogP contribution is 2.32. The minimum atomic E-state index is -1.27. The topological polar surface area (TPSA) is 144 Å². The molecule has 1 amide bonds. The summed E-state index contributed by atoms with van der Waals surface area (Å²) in [5.74, 6) is -2.85. The summed E-state index contributed by atoms with van der Waals surface area (Å²) in [5.41, 5.74) is 0.789. The Morgan fingerprint density at radius 2 is 1.43 bits per heavy atom. The Morgan fingerprint density at radius 3 is 1.98 bits per heavy atom. The maximum absolute atomic E-state index is 13.2. The lowest BCUT2D eigenvalue weighted by Crippen LogP contribution is -2.61. The van der Waals surface area contributed by atoms with Crippen LogP contribution < -0.4 is 0 Å². The van der Waals surface area contributed by atoms with Crippen LogP contribution in [0.2, 0.25) is 0 Å². The highest BCUT2D eigenvalue weighted by Gasteiger charge is 2.51. The zero-order valence-corrected chi connectivity index (χ0v) is 25.0. The summed E-state index contributed by atoms with van der Waals surface area (Å²) < 4.78 is 32.7. The normalized spacial score (nSPS) is 22.9. The molecule has 1 aromatic rings. The van der Waals surface area contributed by atoms with E-state index in [2.05, 4.69) is 15.9 Å². The van der Waals surface area contributed by atoms with Crippen LogP contribution in [0.5, 0.6) is 0 Å². The Morgan fingerprint density at radius 1 is 0.875 bits per heavy atom. The van der Waals surface area contributed by atoms with Crippen molar-refractivity contribution in [3.63, 3.8) is 0 Å². The first-order valence-electron chi connectivity index (χ1n) is 12.7. The first-order chi connectivity index (χ1) is 18.8. The SMILES string of the molecule is CC(=O)O[C@@H]1[C@@H](OC(C)=O)[C@H](COC(=O)[C@@H](CC(C)C)N(C)C(=O)OCc2ccccc2)O[C@@H](Br)[C@H]1OC(C)=O. The molecular weight excluding hydrogens is 594 g/mol. The number of ether oxygens (including phenoxy) is 6. The van der Waals surface area contributed by atoms with E-state index in [1.54, 1.807) is 0 Å². The van der Waals surface area contributed by atoms with E-state index in [4.69, 9.17) is 28.4 Å². The largest absolute Gasteiger partial charge is 0.461 e. The summed E-state index contributed by atoms with van der Waals surface area (Å²) in [6.07, 6.45) is -5.22. The van der Waals surface area contributed by atoms with Gasteiger partial charge in [0.25, 0.3) is 0 Å². The second-order valence-corrected chi connectivity index (χ2v) is 10.6. The molecule has 0 radical (unpaired) electrons. The molecule has 0 unspecified atom stereocenters. The summed E-state index contributed by atoms with van der Waals surface area (Å²) in [6.45, 7) is 6.83. The third kappa shape index (κ3) is 10.1. The average Bonchev–Trinajstić information content (AvgIpc) is 2.87. The molecule has 40 heavy (non-hydrogen) atoms. The third-order valence-corrected chi connectivity index (χ3v) is 6.54. The summed E-state index contributed by atoms with van der Waals surface area (Å²) in [7, 11) is 1.44. The second-order valence-electron chi connectivity index (χ2n) is 9.67. The quantitative estimate of drug-likeness (QED) is 0.202. The van der Waals surface area contributed by atoms with Crippen LogP contribution in [-0.4, -0.2) is 84.0 Å². The molecule has 0 saturated carbocycles. The van der Waals surface area contributed by atoms with Crippen LogP contribution in [0.3, 0.4) is 0 Å². The van der Waals surface area contributed by atoms with Gasteiger partial charge in [-0.3, -0.25) is 19.3 Å². The Hall–Kier alpha value is -3.19. The number of alkyl halides is 1. The van der Waals surface area contributed by atoms with E-state index in [0.29, 0.717) is 0 Å². The summed E-state index contributed by atoms with van der Waals surface area (Å²) in [6, 6.07) is 8.11. The first kappa shape index (κ1) is 33.0. The number of halogens is 1. The molecule has 1 fully saturated rings. The summed E-state index contributed by atoms with van der Waals surface area (Å²) >= 11 is 3.25. The minimum absolute atomic E-state index is 0.0198. The van der Waals surface area contributed by atoms with Gasteiger partial charge in [0.15, 0.2) is 23.3 Å². The van der Waals surface area contributed by atoms with E-state index in [-0.39, 0.29) is 18.9 Å². The molecule has 13 heteroatoms. The lowest BCUT2D eigenvalue weighted by Gasteiger charge is -2.42. The van der Waals surface area contributed by atoms with Gasteiger partial charge >= 0.3 is 30.0 Å². The molecule has 12 nitrogen and oxygen atoms in total. The molecule has 0 spiro atoms. The van der Waals surface area contributed by atoms with Gasteiger partial charge in [-0.2, -0.15) is 0 Å². The van der Waals surface area contributed by atoms with E-state index >= 15 is 0 Å². The molecule has 0 aromatic heterocycles. The van der Waals surface area contributed by atoms with Crippen LogP contribution in [0.4, 0.5) is 4.79 Å². The lowest BCUT2D eigenvalue weighted by atomic mass is 9.99. The molecule has 0 N–H and O–H groups in total. The van der Waals surface area contributed by atoms with Gasteiger partial charge in [0, 0.05) is 27.8 Å². The van der Waals surface area contributed by atoms with Gasteiger partial charge < -0.3 is 28.4 Å². The fraction of sp³-hybridized carbons (Fsp3) is 0.593. The molecule has 0 bridgehead atoms. The Kier molecular flexibility index (Phi) is 12.8. The zero-order valence-electron chi connectivity index (χ0n) is 23.4. The van der Waals surface area contributed by atoms with Crippen molar-refractivity contribution in [2.24, 2.45) is 5.92 Å². The third-order valence-electron chi connectivity index (χ3n) is 5.80. The zero-order chi connectivity index (χ0) is 30.0. The van der Waals surface area contributed by atoms with Crippen molar-refractivity contribution in [3.05, 3.63) is 35.9 Å². The fourth-order valence-corrected chi connectivity index (χ4v) is 4.73. The highest BCUT2D eigenvalue weighted by atomic mass is 79.9. The number of nitrogens with zero attached hydrogens (tertiary/aromatic N) is 1. The number of esters is 4. The smallest absolute Gasteiger partial charge is 0.410 e. The first-order valence-corrected chi connectivity index (χ1v) is 13.6. The molecule has 1 aliphatic rings. The number of amides is 1. The van der Waals surface area contributed by atoms with E-state index < -0.39 is 72.0 Å². The van der Waals surface area contributed by atoms with Crippen molar-refractivity contribution in [2.45, 2.75) is 83.1 Å². The van der Waals surface area contributed by atoms with E-state index in [9.17, 15) is 24.0 Å². The predicted molar refractivity (Wildman–Crippen MR) is 143 cm³/mol. The number of rotatable bonds is 11. The monoisotopic (exact) mass is 629 g/mol. The van der Waals surface area contributed by atoms with Gasteiger partial charge in [-0.1, -0.05) is 60.1 Å². The van der Waals surface area contributed by atoms with Crippen LogP contribution in [0.1, 0.15) is 46.6 Å². The maximum Gasteiger partial charge on any atom is 0.410 e. The molecule has 1 aliphatic heterocycles. The molecular formula is C27H36BrNO11. The minimum Gasteiger partial charge on any atom is -0.461 e. The van der Waals surface area contributed by atoms with Crippen molar-refractivity contribution < 1.29 is 52.4 Å². The molecule has 6 atom stereocenters. The van der Waals surface area contributed by atoms with Crippen molar-refractivity contribution in [2.75, 3.05) is 13.7 Å². The molecule has 1 heterocycles. The number of carbonyl (C=O) groups is 5. The average molecular weight is 630 g/mol. The lowest BCUT2D eigenvalue weighted by molar-refractivity contribution is -0.236. The Bertz CT molecular complexity index is 1030. The van der Waals surface area contributed by atoms with Gasteiger partial charge in [-0.05, 0) is 17.9 Å². The molecule has 1 aromatic carbocycles. The Balaban J connectivity index is 2.18. The summed E-state index contributed by atoms with van der Waals surface area (Å²) in [5, 5.41) is -0.988. The molecule has 222 valence electrons. The van der Waals surface area contributed by atoms with Gasteiger partial charge in [-0.25, -0.2) is 9.59 Å². The maximum atomic E-state index is 13.2. The van der Waals surface area contributed by atoms with Crippen molar-refractivity contribution in [3.8, 4) is 0 Å². The van der Waals surface area contributed by atoms with Crippen molar-refractivity contribution in [1.29, 1.82) is 0 Å². The number of hydrogen-bond donors (Lipinski definition) is 0. The van der Waals surface area contributed by atoms with E-state index in [1.165, 1.54) is 11.9 Å². The van der Waals surface area contributed by atoms with Crippen molar-refractivity contribution >= 4 is 45.9 Å². The van der Waals surface area contributed by atoms with Crippen LogP contribution in [-0.2, 0) is 54.2 Å².